The molecule has 43 heavy (non-hydrogen) atoms. The van der Waals surface area contributed by atoms with E-state index in [1.165, 1.54) is 11.2 Å². The third-order valence-corrected chi connectivity index (χ3v) is 6.95. The highest BCUT2D eigenvalue weighted by molar-refractivity contribution is 5.97. The van der Waals surface area contributed by atoms with Crippen molar-refractivity contribution in [2.75, 3.05) is 45.9 Å². The fraction of sp³-hybridized carbons (Fsp3) is 0.400. The van der Waals surface area contributed by atoms with Gasteiger partial charge in [0.25, 0.3) is 5.91 Å². The molecule has 13 heteroatoms. The summed E-state index contributed by atoms with van der Waals surface area (Å²) in [6.07, 6.45) is -8.47. The summed E-state index contributed by atoms with van der Waals surface area (Å²) in [7, 11) is 0. The van der Waals surface area contributed by atoms with Gasteiger partial charge in [0, 0.05) is 38.3 Å². The number of alkyl halides is 6. The molecule has 0 aliphatic carbocycles. The number of morpholine rings is 1. The molecular formula is C30H31F6N3O4. The highest BCUT2D eigenvalue weighted by atomic mass is 19.4. The number of benzene rings is 2. The van der Waals surface area contributed by atoms with Gasteiger partial charge in [0.1, 0.15) is 12.3 Å². The number of rotatable bonds is 11. The number of ether oxygens (including phenoxy) is 1. The Balaban J connectivity index is 1.61. The van der Waals surface area contributed by atoms with Crippen molar-refractivity contribution in [1.82, 2.24) is 14.7 Å². The van der Waals surface area contributed by atoms with Crippen molar-refractivity contribution in [3.8, 4) is 0 Å². The second kappa shape index (κ2) is 14.1. The summed E-state index contributed by atoms with van der Waals surface area (Å²) in [5.74, 6) is -1.20. The molecule has 232 valence electrons. The van der Waals surface area contributed by atoms with Crippen LogP contribution in [0.25, 0.3) is 0 Å². The first-order valence-electron chi connectivity index (χ1n) is 13.6. The average Bonchev–Trinajstić information content (AvgIpc) is 3.49. The summed E-state index contributed by atoms with van der Waals surface area (Å²) >= 11 is 0. The van der Waals surface area contributed by atoms with Crippen molar-refractivity contribution in [3.63, 3.8) is 0 Å². The summed E-state index contributed by atoms with van der Waals surface area (Å²) in [4.78, 5) is 31.7. The van der Waals surface area contributed by atoms with Crippen LogP contribution in [0.5, 0.6) is 0 Å². The average molecular weight is 612 g/mol. The van der Waals surface area contributed by atoms with Gasteiger partial charge in [0.15, 0.2) is 0 Å². The molecule has 0 spiro atoms. The summed E-state index contributed by atoms with van der Waals surface area (Å²) in [6, 6.07) is 13.0. The third-order valence-electron chi connectivity index (χ3n) is 6.95. The largest absolute Gasteiger partial charge is 0.467 e. The van der Waals surface area contributed by atoms with Crippen LogP contribution in [0.3, 0.4) is 0 Å². The van der Waals surface area contributed by atoms with E-state index in [0.29, 0.717) is 57.2 Å². The van der Waals surface area contributed by atoms with Crippen LogP contribution in [-0.2, 0) is 35.0 Å². The molecule has 1 aliphatic rings. The third kappa shape index (κ3) is 9.32. The van der Waals surface area contributed by atoms with E-state index in [-0.39, 0.29) is 25.7 Å². The van der Waals surface area contributed by atoms with E-state index in [9.17, 15) is 35.9 Å². The van der Waals surface area contributed by atoms with Gasteiger partial charge in [-0.25, -0.2) is 0 Å². The van der Waals surface area contributed by atoms with Gasteiger partial charge in [0.2, 0.25) is 5.91 Å². The van der Waals surface area contributed by atoms with Crippen molar-refractivity contribution in [1.29, 1.82) is 0 Å². The van der Waals surface area contributed by atoms with E-state index in [1.54, 1.807) is 42.5 Å². The quantitative estimate of drug-likeness (QED) is 0.260. The molecule has 0 atom stereocenters. The minimum absolute atomic E-state index is 0.0321. The van der Waals surface area contributed by atoms with Gasteiger partial charge in [0.05, 0.1) is 37.1 Å². The van der Waals surface area contributed by atoms with Crippen LogP contribution in [-0.4, -0.2) is 72.5 Å². The maximum Gasteiger partial charge on any atom is 0.416 e. The lowest BCUT2D eigenvalue weighted by molar-refractivity contribution is -0.143. The standard InChI is InChI=1S/C30H31F6N3O4/c31-29(32,33)24-16-23(17-25(18-24)30(34,35)36)28(41)38(10-5-9-37-11-14-42-15-12-37)21-27(40)39(20-26-8-4-13-43-26)19-22-6-2-1-3-7-22/h1-4,6-8,13,16-18H,5,9-12,14-15,19-21H2. The molecule has 7 nitrogen and oxygen atoms in total. The van der Waals surface area contributed by atoms with Gasteiger partial charge in [-0.1, -0.05) is 30.3 Å². The van der Waals surface area contributed by atoms with E-state index < -0.39 is 47.4 Å². The molecule has 0 saturated carbocycles. The molecule has 2 amide bonds. The van der Waals surface area contributed by atoms with Crippen LogP contribution >= 0.6 is 0 Å². The van der Waals surface area contributed by atoms with Gasteiger partial charge in [-0.15, -0.1) is 0 Å². The lowest BCUT2D eigenvalue weighted by atomic mass is 10.0. The van der Waals surface area contributed by atoms with Crippen LogP contribution < -0.4 is 0 Å². The maximum atomic E-state index is 13.6. The van der Waals surface area contributed by atoms with E-state index in [4.69, 9.17) is 9.15 Å². The lowest BCUT2D eigenvalue weighted by Crippen LogP contribution is -2.44. The fourth-order valence-corrected chi connectivity index (χ4v) is 4.71. The Kier molecular flexibility index (Phi) is 10.5. The van der Waals surface area contributed by atoms with Crippen LogP contribution in [0.2, 0.25) is 0 Å². The number of nitrogens with zero attached hydrogens (tertiary/aromatic N) is 3. The SMILES string of the molecule is O=C(CN(CCCN1CCOCC1)C(=O)c1cc(C(F)(F)F)cc(C(F)(F)F)c1)N(Cc1ccccc1)Cc1ccco1. The second-order valence-corrected chi connectivity index (χ2v) is 10.1. The van der Waals surface area contributed by atoms with Crippen LogP contribution in [0.4, 0.5) is 26.3 Å². The molecule has 1 saturated heterocycles. The lowest BCUT2D eigenvalue weighted by Gasteiger charge is -2.30. The van der Waals surface area contributed by atoms with Crippen molar-refractivity contribution in [3.05, 3.63) is 94.9 Å². The molecule has 4 rings (SSSR count). The minimum Gasteiger partial charge on any atom is -0.467 e. The monoisotopic (exact) mass is 611 g/mol. The van der Waals surface area contributed by atoms with Gasteiger partial charge >= 0.3 is 12.4 Å². The highest BCUT2D eigenvalue weighted by Gasteiger charge is 2.38. The normalized spacial score (nSPS) is 14.5. The molecule has 1 aromatic heterocycles. The second-order valence-electron chi connectivity index (χ2n) is 10.1. The Morgan fingerprint density at radius 3 is 2.05 bits per heavy atom. The smallest absolute Gasteiger partial charge is 0.416 e. The Bertz CT molecular complexity index is 1310. The Hall–Kier alpha value is -3.84. The van der Waals surface area contributed by atoms with Crippen LogP contribution in [0.1, 0.15) is 39.2 Å². The Labute approximate surface area is 244 Å². The number of amides is 2. The van der Waals surface area contributed by atoms with Crippen LogP contribution in [0.15, 0.2) is 71.3 Å². The number of hydrogen-bond donors (Lipinski definition) is 0. The predicted molar refractivity (Wildman–Crippen MR) is 144 cm³/mol. The molecule has 0 unspecified atom stereocenters. The molecule has 1 fully saturated rings. The van der Waals surface area contributed by atoms with E-state index >= 15 is 0 Å². The zero-order chi connectivity index (χ0) is 31.0. The summed E-state index contributed by atoms with van der Waals surface area (Å²) in [6.45, 7) is 2.37. The zero-order valence-corrected chi connectivity index (χ0v) is 23.2. The van der Waals surface area contributed by atoms with Gasteiger partial charge in [-0.3, -0.25) is 14.5 Å². The predicted octanol–water partition coefficient (Wildman–Crippen LogP) is 5.71. The number of carbonyl (C=O) groups is 2. The highest BCUT2D eigenvalue weighted by Crippen LogP contribution is 2.36. The molecule has 0 bridgehead atoms. The van der Waals surface area contributed by atoms with Crippen molar-refractivity contribution in [2.24, 2.45) is 0 Å². The van der Waals surface area contributed by atoms with Gasteiger partial charge in [-0.05, 0) is 42.3 Å². The Morgan fingerprint density at radius 2 is 1.47 bits per heavy atom. The van der Waals surface area contributed by atoms with Gasteiger partial charge < -0.3 is 19.0 Å². The molecule has 1 aliphatic heterocycles. The molecule has 0 radical (unpaired) electrons. The van der Waals surface area contributed by atoms with Crippen molar-refractivity contribution >= 4 is 11.8 Å². The van der Waals surface area contributed by atoms with Crippen molar-refractivity contribution in [2.45, 2.75) is 31.9 Å². The topological polar surface area (TPSA) is 66.2 Å². The number of furan rings is 1. The summed E-state index contributed by atoms with van der Waals surface area (Å²) in [5.41, 5.74) is -3.23. The Morgan fingerprint density at radius 1 is 0.814 bits per heavy atom. The van der Waals surface area contributed by atoms with Crippen molar-refractivity contribution < 1.29 is 45.1 Å². The van der Waals surface area contributed by atoms with E-state index in [0.717, 1.165) is 10.5 Å². The first kappa shape index (κ1) is 32.1. The molecule has 0 N–H and O–H groups in total. The van der Waals surface area contributed by atoms with Gasteiger partial charge in [-0.2, -0.15) is 26.3 Å². The molecule has 2 heterocycles. The number of halogens is 6. The first-order chi connectivity index (χ1) is 20.4. The molecule has 2 aromatic carbocycles. The first-order valence-corrected chi connectivity index (χ1v) is 13.6. The maximum absolute atomic E-state index is 13.6. The zero-order valence-electron chi connectivity index (χ0n) is 23.2. The molecular weight excluding hydrogens is 580 g/mol. The number of carbonyl (C=O) groups excluding carboxylic acids is 2. The minimum atomic E-state index is -5.12. The summed E-state index contributed by atoms with van der Waals surface area (Å²) in [5, 5.41) is 0. The fourth-order valence-electron chi connectivity index (χ4n) is 4.71. The summed E-state index contributed by atoms with van der Waals surface area (Å²) < 4.78 is 91.9. The molecule has 3 aromatic rings. The van der Waals surface area contributed by atoms with Crippen LogP contribution in [0, 0.1) is 0 Å². The number of hydrogen-bond acceptors (Lipinski definition) is 5. The van der Waals surface area contributed by atoms with E-state index in [1.807, 2.05) is 0 Å². The van der Waals surface area contributed by atoms with E-state index in [2.05, 4.69) is 4.90 Å².